The fraction of sp³-hybridized carbons (Fsp3) is 0.917. The van der Waals surface area contributed by atoms with Crippen molar-refractivity contribution in [2.45, 2.75) is 38.3 Å². The minimum atomic E-state index is -0.0999. The van der Waals surface area contributed by atoms with Crippen LogP contribution >= 0.6 is 0 Å². The number of hydrogen-bond acceptors (Lipinski definition) is 4. The van der Waals surface area contributed by atoms with Gasteiger partial charge in [-0.3, -0.25) is 14.6 Å². The molecule has 92 valence electrons. The predicted octanol–water partition coefficient (Wildman–Crippen LogP) is 0.718. The second-order valence-electron chi connectivity index (χ2n) is 4.93. The smallest absolute Gasteiger partial charge is 0.307 e. The highest BCUT2D eigenvalue weighted by Gasteiger charge is 2.32. The molecule has 1 saturated heterocycles. The van der Waals surface area contributed by atoms with Gasteiger partial charge in [-0.1, -0.05) is 0 Å². The standard InChI is InChI=1S/C12H22N2O2/c1-10(9-12(15)16-2)13-5-7-14(8-6-13)11-3-4-11/h10-11H,3-9H2,1-2H3. The number of methoxy groups -OCH3 is 1. The van der Waals surface area contributed by atoms with Crippen molar-refractivity contribution in [3.63, 3.8) is 0 Å². The molecule has 1 aliphatic carbocycles. The lowest BCUT2D eigenvalue weighted by Crippen LogP contribution is -2.50. The van der Waals surface area contributed by atoms with E-state index in [-0.39, 0.29) is 5.97 Å². The molecule has 2 fully saturated rings. The van der Waals surface area contributed by atoms with E-state index in [0.29, 0.717) is 12.5 Å². The van der Waals surface area contributed by atoms with Gasteiger partial charge in [0.05, 0.1) is 13.5 Å². The Morgan fingerprint density at radius 1 is 1.31 bits per heavy atom. The Bertz CT molecular complexity index is 245. The Kier molecular flexibility index (Phi) is 3.82. The molecular formula is C12H22N2O2. The Morgan fingerprint density at radius 2 is 1.94 bits per heavy atom. The molecule has 1 unspecified atom stereocenters. The molecule has 0 aromatic carbocycles. The molecule has 0 radical (unpaired) electrons. The van der Waals surface area contributed by atoms with Crippen molar-refractivity contribution < 1.29 is 9.53 Å². The first-order valence-corrected chi connectivity index (χ1v) is 6.25. The average molecular weight is 226 g/mol. The fourth-order valence-electron chi connectivity index (χ4n) is 2.44. The molecular weight excluding hydrogens is 204 g/mol. The second-order valence-corrected chi connectivity index (χ2v) is 4.93. The van der Waals surface area contributed by atoms with Crippen LogP contribution in [-0.2, 0) is 9.53 Å². The van der Waals surface area contributed by atoms with Crippen LogP contribution in [0.15, 0.2) is 0 Å². The number of ether oxygens (including phenoxy) is 1. The SMILES string of the molecule is COC(=O)CC(C)N1CCN(C2CC2)CC1. The topological polar surface area (TPSA) is 32.8 Å². The highest BCUT2D eigenvalue weighted by Crippen LogP contribution is 2.27. The van der Waals surface area contributed by atoms with Gasteiger partial charge in [0.25, 0.3) is 0 Å². The molecule has 2 rings (SSSR count). The molecule has 1 heterocycles. The molecule has 0 amide bonds. The monoisotopic (exact) mass is 226 g/mol. The lowest BCUT2D eigenvalue weighted by molar-refractivity contribution is -0.142. The Labute approximate surface area is 97.5 Å². The summed E-state index contributed by atoms with van der Waals surface area (Å²) in [6.07, 6.45) is 3.29. The molecule has 1 saturated carbocycles. The summed E-state index contributed by atoms with van der Waals surface area (Å²) in [5.74, 6) is -0.0999. The Balaban J connectivity index is 1.72. The van der Waals surface area contributed by atoms with Crippen molar-refractivity contribution in [1.29, 1.82) is 0 Å². The van der Waals surface area contributed by atoms with Crippen molar-refractivity contribution in [2.75, 3.05) is 33.3 Å². The molecule has 0 aromatic heterocycles. The van der Waals surface area contributed by atoms with Gasteiger partial charge in [-0.25, -0.2) is 0 Å². The van der Waals surface area contributed by atoms with Gasteiger partial charge in [0.2, 0.25) is 0 Å². The van der Waals surface area contributed by atoms with Crippen molar-refractivity contribution in [3.8, 4) is 0 Å². The van der Waals surface area contributed by atoms with E-state index < -0.39 is 0 Å². The number of piperazine rings is 1. The summed E-state index contributed by atoms with van der Waals surface area (Å²) < 4.78 is 4.71. The second kappa shape index (κ2) is 5.15. The highest BCUT2D eigenvalue weighted by atomic mass is 16.5. The van der Waals surface area contributed by atoms with E-state index in [4.69, 9.17) is 4.74 Å². The number of nitrogens with zero attached hydrogens (tertiary/aromatic N) is 2. The van der Waals surface area contributed by atoms with Crippen LogP contribution in [0.1, 0.15) is 26.2 Å². The molecule has 0 spiro atoms. The maximum atomic E-state index is 11.2. The zero-order valence-corrected chi connectivity index (χ0v) is 10.3. The van der Waals surface area contributed by atoms with Crippen LogP contribution in [0.3, 0.4) is 0 Å². The van der Waals surface area contributed by atoms with Gasteiger partial charge in [0.15, 0.2) is 0 Å². The molecule has 4 nitrogen and oxygen atoms in total. The largest absolute Gasteiger partial charge is 0.469 e. The molecule has 2 aliphatic rings. The molecule has 0 bridgehead atoms. The first kappa shape index (κ1) is 11.9. The van der Waals surface area contributed by atoms with Crippen molar-refractivity contribution in [3.05, 3.63) is 0 Å². The van der Waals surface area contributed by atoms with E-state index in [2.05, 4.69) is 16.7 Å². The summed E-state index contributed by atoms with van der Waals surface area (Å²) in [5.41, 5.74) is 0. The lowest BCUT2D eigenvalue weighted by atomic mass is 10.1. The van der Waals surface area contributed by atoms with E-state index in [1.165, 1.54) is 20.0 Å². The summed E-state index contributed by atoms with van der Waals surface area (Å²) >= 11 is 0. The number of carbonyl (C=O) groups excluding carboxylic acids is 1. The molecule has 0 N–H and O–H groups in total. The Morgan fingerprint density at radius 3 is 2.44 bits per heavy atom. The third-order valence-corrected chi connectivity index (χ3v) is 3.73. The van der Waals surface area contributed by atoms with Crippen molar-refractivity contribution >= 4 is 5.97 Å². The highest BCUT2D eigenvalue weighted by molar-refractivity contribution is 5.69. The van der Waals surface area contributed by atoms with Gasteiger partial charge in [-0.2, -0.15) is 0 Å². The fourth-order valence-corrected chi connectivity index (χ4v) is 2.44. The van der Waals surface area contributed by atoms with Crippen molar-refractivity contribution in [1.82, 2.24) is 9.80 Å². The zero-order chi connectivity index (χ0) is 11.5. The van der Waals surface area contributed by atoms with E-state index >= 15 is 0 Å². The van der Waals surface area contributed by atoms with E-state index in [0.717, 1.165) is 32.2 Å². The van der Waals surface area contributed by atoms with Crippen LogP contribution in [-0.4, -0.2) is 61.1 Å². The molecule has 0 aromatic rings. The number of esters is 1. The molecule has 1 aliphatic heterocycles. The summed E-state index contributed by atoms with van der Waals surface area (Å²) in [6.45, 7) is 6.62. The van der Waals surface area contributed by atoms with E-state index in [1.54, 1.807) is 0 Å². The third-order valence-electron chi connectivity index (χ3n) is 3.73. The normalized spacial score (nSPS) is 25.4. The number of hydrogen-bond donors (Lipinski definition) is 0. The molecule has 16 heavy (non-hydrogen) atoms. The summed E-state index contributed by atoms with van der Waals surface area (Å²) in [7, 11) is 1.46. The maximum absolute atomic E-state index is 11.2. The van der Waals surface area contributed by atoms with Gasteiger partial charge in [0.1, 0.15) is 0 Å². The number of carbonyl (C=O) groups is 1. The van der Waals surface area contributed by atoms with E-state index in [9.17, 15) is 4.79 Å². The van der Waals surface area contributed by atoms with Gasteiger partial charge >= 0.3 is 5.97 Å². The van der Waals surface area contributed by atoms with Crippen LogP contribution in [0.2, 0.25) is 0 Å². The summed E-state index contributed by atoms with van der Waals surface area (Å²) in [5, 5.41) is 0. The predicted molar refractivity (Wildman–Crippen MR) is 62.3 cm³/mol. The maximum Gasteiger partial charge on any atom is 0.307 e. The summed E-state index contributed by atoms with van der Waals surface area (Å²) in [6, 6.07) is 1.19. The van der Waals surface area contributed by atoms with E-state index in [1.807, 2.05) is 0 Å². The zero-order valence-electron chi connectivity index (χ0n) is 10.3. The minimum Gasteiger partial charge on any atom is -0.469 e. The first-order valence-electron chi connectivity index (χ1n) is 6.25. The van der Waals surface area contributed by atoms with Gasteiger partial charge < -0.3 is 4.74 Å². The van der Waals surface area contributed by atoms with Crippen LogP contribution in [0.25, 0.3) is 0 Å². The third kappa shape index (κ3) is 2.95. The average Bonchev–Trinajstić information content (AvgIpc) is 3.13. The quantitative estimate of drug-likeness (QED) is 0.661. The summed E-state index contributed by atoms with van der Waals surface area (Å²) in [4.78, 5) is 16.2. The molecule has 1 atom stereocenters. The first-order chi connectivity index (χ1) is 7.70. The van der Waals surface area contributed by atoms with Crippen molar-refractivity contribution in [2.24, 2.45) is 0 Å². The number of rotatable bonds is 4. The Hall–Kier alpha value is -0.610. The lowest BCUT2D eigenvalue weighted by Gasteiger charge is -2.37. The molecule has 4 heteroatoms. The van der Waals surface area contributed by atoms with Gasteiger partial charge in [-0.15, -0.1) is 0 Å². The van der Waals surface area contributed by atoms with Gasteiger partial charge in [0, 0.05) is 38.3 Å². The minimum absolute atomic E-state index is 0.0999. The van der Waals surface area contributed by atoms with Crippen LogP contribution in [0, 0.1) is 0 Å². The van der Waals surface area contributed by atoms with Crippen LogP contribution in [0.4, 0.5) is 0 Å². The van der Waals surface area contributed by atoms with Crippen LogP contribution in [0.5, 0.6) is 0 Å². The van der Waals surface area contributed by atoms with Gasteiger partial charge in [-0.05, 0) is 19.8 Å². The van der Waals surface area contributed by atoms with Crippen LogP contribution < -0.4 is 0 Å².